The van der Waals surface area contributed by atoms with Crippen molar-refractivity contribution in [1.82, 2.24) is 30.6 Å². The summed E-state index contributed by atoms with van der Waals surface area (Å²) in [7, 11) is 0. The lowest BCUT2D eigenvalue weighted by Gasteiger charge is -2.17. The van der Waals surface area contributed by atoms with E-state index in [1.807, 2.05) is 0 Å². The van der Waals surface area contributed by atoms with Crippen LogP contribution in [0.5, 0.6) is 0 Å². The number of thiazole rings is 1. The van der Waals surface area contributed by atoms with Gasteiger partial charge >= 0.3 is 5.97 Å². The third-order valence-electron chi connectivity index (χ3n) is 5.49. The Labute approximate surface area is 198 Å². The van der Waals surface area contributed by atoms with E-state index >= 15 is 0 Å². The summed E-state index contributed by atoms with van der Waals surface area (Å²) < 4.78 is 6.74. The number of carbonyl (C=O) groups excluding carboxylic acids is 2. The molecule has 0 radical (unpaired) electrons. The van der Waals surface area contributed by atoms with Crippen LogP contribution >= 0.6 is 11.3 Å². The van der Waals surface area contributed by atoms with Gasteiger partial charge in [-0.15, -0.1) is 16.4 Å². The summed E-state index contributed by atoms with van der Waals surface area (Å²) in [5, 5.41) is 24.6. The molecule has 0 spiro atoms. The van der Waals surface area contributed by atoms with Gasteiger partial charge in [-0.05, 0) is 30.7 Å². The Kier molecular flexibility index (Phi) is 6.56. The van der Waals surface area contributed by atoms with Crippen LogP contribution in [0.25, 0.3) is 5.69 Å². The molecule has 0 bridgehead atoms. The van der Waals surface area contributed by atoms with Gasteiger partial charge in [0.1, 0.15) is 11.7 Å². The fourth-order valence-corrected chi connectivity index (χ4v) is 4.03. The molecule has 1 aliphatic rings. The summed E-state index contributed by atoms with van der Waals surface area (Å²) in [5.41, 5.74) is 8.28. The zero-order valence-corrected chi connectivity index (χ0v) is 19.0. The maximum atomic E-state index is 12.9. The molecule has 34 heavy (non-hydrogen) atoms. The molecule has 0 aliphatic carbocycles. The predicted molar refractivity (Wildman–Crippen MR) is 121 cm³/mol. The number of nitrogen functional groups attached to an aromatic ring is 1. The van der Waals surface area contributed by atoms with Gasteiger partial charge in [-0.2, -0.15) is 0 Å². The highest BCUT2D eigenvalue weighted by Crippen LogP contribution is 2.40. The van der Waals surface area contributed by atoms with Crippen molar-refractivity contribution >= 4 is 34.8 Å². The first-order chi connectivity index (χ1) is 16.3. The molecule has 0 saturated carbocycles. The Balaban J connectivity index is 1.40. The number of carbonyl (C=O) groups is 3. The van der Waals surface area contributed by atoms with Crippen molar-refractivity contribution in [2.45, 2.75) is 44.1 Å². The molecule has 3 atom stereocenters. The van der Waals surface area contributed by atoms with E-state index in [1.54, 1.807) is 53.0 Å². The van der Waals surface area contributed by atoms with E-state index in [4.69, 9.17) is 10.5 Å². The monoisotopic (exact) mass is 485 g/mol. The molecule has 2 amide bonds. The van der Waals surface area contributed by atoms with E-state index in [2.05, 4.69) is 25.9 Å². The fraction of sp³-hybridized carbons (Fsp3) is 0.333. The van der Waals surface area contributed by atoms with Crippen molar-refractivity contribution < 1.29 is 24.2 Å². The van der Waals surface area contributed by atoms with Gasteiger partial charge in [0.25, 0.3) is 5.91 Å². The zero-order valence-electron chi connectivity index (χ0n) is 18.2. The highest BCUT2D eigenvalue weighted by atomic mass is 32.1. The van der Waals surface area contributed by atoms with E-state index < -0.39 is 35.5 Å². The van der Waals surface area contributed by atoms with Gasteiger partial charge in [0.05, 0.1) is 29.6 Å². The summed E-state index contributed by atoms with van der Waals surface area (Å²) >= 11 is 1.36. The number of carboxylic acids is 1. The lowest BCUT2D eigenvalue weighted by molar-refractivity contribution is -0.143. The third kappa shape index (κ3) is 4.89. The zero-order chi connectivity index (χ0) is 24.3. The minimum atomic E-state index is -1.55. The number of ether oxygens (including phenoxy) is 1. The fourth-order valence-electron chi connectivity index (χ4n) is 3.46. The number of aliphatic carboxylic acids is 1. The molecule has 3 heterocycles. The molecule has 12 nitrogen and oxygen atoms in total. The van der Waals surface area contributed by atoms with Crippen LogP contribution in [0, 0.1) is 0 Å². The third-order valence-corrected chi connectivity index (χ3v) is 6.13. The topological polar surface area (TPSA) is 178 Å². The van der Waals surface area contributed by atoms with E-state index in [0.29, 0.717) is 17.1 Å². The molecule has 3 aromatic rings. The van der Waals surface area contributed by atoms with Crippen molar-refractivity contribution in [2.24, 2.45) is 0 Å². The number of anilines is 1. The molecule has 1 aromatic carbocycles. The summed E-state index contributed by atoms with van der Waals surface area (Å²) in [6.45, 7) is 1.70. The molecule has 2 aromatic heterocycles. The lowest BCUT2D eigenvalue weighted by atomic mass is 10.0. The number of hydrogen-bond acceptors (Lipinski definition) is 9. The smallest absolute Gasteiger partial charge is 0.339 e. The Hall–Kier alpha value is -3.84. The van der Waals surface area contributed by atoms with Gasteiger partial charge in [-0.3, -0.25) is 9.59 Å². The molecule has 178 valence electrons. The van der Waals surface area contributed by atoms with Crippen LogP contribution in [0.3, 0.4) is 0 Å². The average molecular weight is 486 g/mol. The number of hydrogen-bond donors (Lipinski definition) is 4. The number of amides is 2. The summed E-state index contributed by atoms with van der Waals surface area (Å²) in [5.74, 6) is -2.34. The number of rotatable bonds is 10. The number of nitrogens with zero attached hydrogens (tertiary/aromatic N) is 4. The van der Waals surface area contributed by atoms with Gasteiger partial charge < -0.3 is 26.2 Å². The SMILES string of the molecule is CCC1(C(=O)O)OC1C(=O)N[C@@H](Cc1cscn1)C(=O)NCc1cn(-c2ccc(N)cc2)nn1. The number of nitrogens with one attached hydrogen (secondary N) is 2. The molecule has 4 rings (SSSR count). The van der Waals surface area contributed by atoms with Crippen LogP contribution in [-0.4, -0.2) is 60.6 Å². The molecular weight excluding hydrogens is 462 g/mol. The van der Waals surface area contributed by atoms with Crippen molar-refractivity contribution in [3.8, 4) is 5.69 Å². The van der Waals surface area contributed by atoms with Gasteiger partial charge in [0, 0.05) is 17.5 Å². The molecular formula is C21H23N7O5S. The minimum absolute atomic E-state index is 0.0746. The molecule has 1 aliphatic heterocycles. The Morgan fingerprint density at radius 1 is 1.29 bits per heavy atom. The highest BCUT2D eigenvalue weighted by Gasteiger charge is 2.65. The van der Waals surface area contributed by atoms with E-state index in [-0.39, 0.29) is 19.4 Å². The maximum Gasteiger partial charge on any atom is 0.339 e. The number of nitrogens with two attached hydrogens (primary N) is 1. The van der Waals surface area contributed by atoms with Crippen LogP contribution < -0.4 is 16.4 Å². The van der Waals surface area contributed by atoms with E-state index in [9.17, 15) is 19.5 Å². The molecule has 5 N–H and O–H groups in total. The van der Waals surface area contributed by atoms with E-state index in [1.165, 1.54) is 11.3 Å². The summed E-state index contributed by atoms with van der Waals surface area (Å²) in [6.07, 6.45) is 0.784. The number of aromatic nitrogens is 4. The van der Waals surface area contributed by atoms with Crippen molar-refractivity contribution in [3.63, 3.8) is 0 Å². The van der Waals surface area contributed by atoms with Gasteiger partial charge in [0.15, 0.2) is 6.10 Å². The first kappa shape index (κ1) is 23.3. The quantitative estimate of drug-likeness (QED) is 0.232. The Morgan fingerprint density at radius 2 is 2.06 bits per heavy atom. The van der Waals surface area contributed by atoms with Gasteiger partial charge in [0.2, 0.25) is 11.5 Å². The second kappa shape index (κ2) is 9.57. The van der Waals surface area contributed by atoms with Gasteiger partial charge in [-0.1, -0.05) is 12.1 Å². The van der Waals surface area contributed by atoms with Crippen LogP contribution in [0.4, 0.5) is 5.69 Å². The van der Waals surface area contributed by atoms with Crippen LogP contribution in [-0.2, 0) is 32.1 Å². The second-order valence-corrected chi connectivity index (χ2v) is 8.47. The van der Waals surface area contributed by atoms with Crippen LogP contribution in [0.1, 0.15) is 24.7 Å². The minimum Gasteiger partial charge on any atom is -0.479 e. The standard InChI is InChI=1S/C21H23N7O5S/c1-2-21(20(31)32)17(33-21)19(30)25-16(7-13-10-34-11-24-13)18(29)23-8-14-9-28(27-26-14)15-5-3-12(22)4-6-15/h3-6,9-11,16-17H,2,7-8,22H2,1H3,(H,23,29)(H,25,30)(H,31,32)/t16-,17?,21?/m0/s1. The largest absolute Gasteiger partial charge is 0.479 e. The molecule has 13 heteroatoms. The molecule has 2 unspecified atom stereocenters. The molecule has 1 saturated heterocycles. The van der Waals surface area contributed by atoms with Crippen molar-refractivity contribution in [3.05, 3.63) is 52.7 Å². The van der Waals surface area contributed by atoms with Crippen molar-refractivity contribution in [1.29, 1.82) is 0 Å². The number of benzene rings is 1. The van der Waals surface area contributed by atoms with E-state index in [0.717, 1.165) is 5.69 Å². The van der Waals surface area contributed by atoms with Crippen LogP contribution in [0.15, 0.2) is 41.4 Å². The van der Waals surface area contributed by atoms with Crippen LogP contribution in [0.2, 0.25) is 0 Å². The normalized spacial score (nSPS) is 19.9. The second-order valence-electron chi connectivity index (χ2n) is 7.75. The Morgan fingerprint density at radius 3 is 2.68 bits per heavy atom. The average Bonchev–Trinajstić information content (AvgIpc) is 3.11. The lowest BCUT2D eigenvalue weighted by Crippen LogP contribution is -2.50. The predicted octanol–water partition coefficient (Wildman–Crippen LogP) is 0.282. The number of epoxide rings is 1. The first-order valence-corrected chi connectivity index (χ1v) is 11.4. The maximum absolute atomic E-state index is 12.9. The summed E-state index contributed by atoms with van der Waals surface area (Å²) in [6, 6.07) is 6.09. The van der Waals surface area contributed by atoms with Gasteiger partial charge in [-0.25, -0.2) is 14.5 Å². The Bertz CT molecular complexity index is 1180. The highest BCUT2D eigenvalue weighted by molar-refractivity contribution is 7.07. The molecule has 1 fully saturated rings. The van der Waals surface area contributed by atoms with Crippen molar-refractivity contribution in [2.75, 3.05) is 5.73 Å². The number of carboxylic acid groups (broad SMARTS) is 1. The first-order valence-electron chi connectivity index (χ1n) is 10.5. The summed E-state index contributed by atoms with van der Waals surface area (Å²) in [4.78, 5) is 41.2.